The van der Waals surface area contributed by atoms with E-state index in [4.69, 9.17) is 13.9 Å². The molecule has 6 heteroatoms. The Hall–Kier alpha value is -2.50. The number of carbonyl (C=O) groups excluding carboxylic acids is 1. The van der Waals surface area contributed by atoms with Gasteiger partial charge in [0.05, 0.1) is 17.9 Å². The lowest BCUT2D eigenvalue weighted by Gasteiger charge is -2.23. The fraction of sp³-hybridized carbons (Fsp3) is 0.444. The second kappa shape index (κ2) is 6.55. The molecule has 6 nitrogen and oxygen atoms in total. The molecule has 2 aromatic rings. The van der Waals surface area contributed by atoms with Crippen molar-refractivity contribution in [2.24, 2.45) is 0 Å². The van der Waals surface area contributed by atoms with Gasteiger partial charge < -0.3 is 18.8 Å². The highest BCUT2D eigenvalue weighted by Crippen LogP contribution is 2.35. The number of rotatable bonds is 5. The van der Waals surface area contributed by atoms with Gasteiger partial charge >= 0.3 is 5.97 Å². The monoisotopic (exact) mass is 331 g/mol. The Balaban J connectivity index is 1.89. The highest BCUT2D eigenvalue weighted by Gasteiger charge is 2.35. The first-order valence-corrected chi connectivity index (χ1v) is 8.19. The van der Waals surface area contributed by atoms with Gasteiger partial charge in [0.1, 0.15) is 23.7 Å². The normalized spacial score (nSPS) is 17.4. The molecule has 128 valence electrons. The Morgan fingerprint density at radius 3 is 2.83 bits per heavy atom. The first-order chi connectivity index (χ1) is 11.5. The molecule has 1 aliphatic rings. The van der Waals surface area contributed by atoms with Crippen molar-refractivity contribution < 1.29 is 23.5 Å². The Bertz CT molecular complexity index is 757. The number of nitrogens with zero attached hydrogens (tertiary/aromatic N) is 1. The summed E-state index contributed by atoms with van der Waals surface area (Å²) in [4.78, 5) is 25.8. The quantitative estimate of drug-likeness (QED) is 0.908. The molecule has 1 unspecified atom stereocenters. The van der Waals surface area contributed by atoms with Crippen LogP contribution in [-0.4, -0.2) is 28.4 Å². The minimum Gasteiger partial charge on any atom is -0.481 e. The maximum absolute atomic E-state index is 13.0. The summed E-state index contributed by atoms with van der Waals surface area (Å²) in [6.45, 7) is 4.41. The molecule has 3 rings (SSSR count). The second-order valence-electron chi connectivity index (χ2n) is 6.10. The lowest BCUT2D eigenvalue weighted by Crippen LogP contribution is -2.31. The van der Waals surface area contributed by atoms with Gasteiger partial charge in [-0.05, 0) is 31.9 Å². The van der Waals surface area contributed by atoms with Crippen LogP contribution in [0.15, 0.2) is 27.2 Å². The first kappa shape index (κ1) is 16.4. The third-order valence-electron chi connectivity index (χ3n) is 4.45. The van der Waals surface area contributed by atoms with Crippen molar-refractivity contribution in [1.29, 1.82) is 0 Å². The molecule has 0 radical (unpaired) electrons. The van der Waals surface area contributed by atoms with E-state index < -0.39 is 5.97 Å². The van der Waals surface area contributed by atoms with Crippen LogP contribution in [0.2, 0.25) is 0 Å². The van der Waals surface area contributed by atoms with Crippen molar-refractivity contribution >= 4 is 11.9 Å². The van der Waals surface area contributed by atoms with Crippen molar-refractivity contribution in [1.82, 2.24) is 4.90 Å². The van der Waals surface area contributed by atoms with Crippen molar-refractivity contribution in [3.8, 4) is 0 Å². The summed E-state index contributed by atoms with van der Waals surface area (Å²) in [5.74, 6) is 0.697. The SMILES string of the molecule is CCc1ccc(C2CCCN2C(=O)c2c(C)coc2CC(=O)O)o1. The number of carboxylic acid groups (broad SMARTS) is 1. The van der Waals surface area contributed by atoms with Crippen LogP contribution >= 0.6 is 0 Å². The number of likely N-dealkylation sites (tertiary alicyclic amines) is 1. The van der Waals surface area contributed by atoms with Gasteiger partial charge in [0.2, 0.25) is 0 Å². The Morgan fingerprint density at radius 2 is 2.17 bits per heavy atom. The van der Waals surface area contributed by atoms with Crippen molar-refractivity contribution in [2.45, 2.75) is 45.6 Å². The highest BCUT2D eigenvalue weighted by atomic mass is 16.4. The first-order valence-electron chi connectivity index (χ1n) is 8.19. The molecular weight excluding hydrogens is 310 g/mol. The molecule has 1 aliphatic heterocycles. The van der Waals surface area contributed by atoms with Crippen LogP contribution in [0, 0.1) is 6.92 Å². The number of aryl methyl sites for hydroxylation is 2. The molecular formula is C18H21NO5. The van der Waals surface area contributed by atoms with Crippen LogP contribution in [0.3, 0.4) is 0 Å². The maximum Gasteiger partial charge on any atom is 0.311 e. The number of carbonyl (C=O) groups is 2. The summed E-state index contributed by atoms with van der Waals surface area (Å²) in [6.07, 6.45) is 3.69. The summed E-state index contributed by atoms with van der Waals surface area (Å²) >= 11 is 0. The number of carboxylic acids is 1. The zero-order valence-electron chi connectivity index (χ0n) is 13.9. The third-order valence-corrected chi connectivity index (χ3v) is 4.45. The van der Waals surface area contributed by atoms with E-state index in [1.54, 1.807) is 11.8 Å². The van der Waals surface area contributed by atoms with Crippen molar-refractivity contribution in [3.63, 3.8) is 0 Å². The average Bonchev–Trinajstić information content (AvgIpc) is 3.25. The number of hydrogen-bond donors (Lipinski definition) is 1. The van der Waals surface area contributed by atoms with Crippen LogP contribution in [0.1, 0.15) is 59.0 Å². The standard InChI is InChI=1S/C18H21NO5/c1-3-12-6-7-14(24-12)13-5-4-8-19(13)18(22)17-11(2)10-23-15(17)9-16(20)21/h6-7,10,13H,3-5,8-9H2,1-2H3,(H,20,21). The lowest BCUT2D eigenvalue weighted by atomic mass is 10.1. The smallest absolute Gasteiger partial charge is 0.311 e. The lowest BCUT2D eigenvalue weighted by molar-refractivity contribution is -0.136. The van der Waals surface area contributed by atoms with Crippen LogP contribution in [-0.2, 0) is 17.6 Å². The number of aliphatic carboxylic acids is 1. The van der Waals surface area contributed by atoms with Crippen molar-refractivity contribution in [2.75, 3.05) is 6.54 Å². The Labute approximate surface area is 140 Å². The third kappa shape index (κ3) is 2.96. The van der Waals surface area contributed by atoms with E-state index >= 15 is 0 Å². The topological polar surface area (TPSA) is 83.9 Å². The zero-order chi connectivity index (χ0) is 17.3. The van der Waals surface area contributed by atoms with E-state index in [1.165, 1.54) is 6.26 Å². The van der Waals surface area contributed by atoms with E-state index in [-0.39, 0.29) is 24.1 Å². The van der Waals surface area contributed by atoms with Gasteiger partial charge in [-0.3, -0.25) is 9.59 Å². The summed E-state index contributed by atoms with van der Waals surface area (Å²) in [5.41, 5.74) is 1.03. The second-order valence-corrected chi connectivity index (χ2v) is 6.10. The highest BCUT2D eigenvalue weighted by molar-refractivity contribution is 5.97. The van der Waals surface area contributed by atoms with Gasteiger partial charge in [-0.1, -0.05) is 6.92 Å². The fourth-order valence-corrected chi connectivity index (χ4v) is 3.27. The minimum atomic E-state index is -1.02. The summed E-state index contributed by atoms with van der Waals surface area (Å²) in [5, 5.41) is 9.01. The zero-order valence-corrected chi connectivity index (χ0v) is 13.9. The average molecular weight is 331 g/mol. The van der Waals surface area contributed by atoms with Gasteiger partial charge in [-0.25, -0.2) is 0 Å². The molecule has 0 spiro atoms. The van der Waals surface area contributed by atoms with E-state index in [1.807, 2.05) is 19.1 Å². The van der Waals surface area contributed by atoms with Gasteiger partial charge in [0.15, 0.2) is 0 Å². The molecule has 1 fully saturated rings. The minimum absolute atomic E-state index is 0.107. The van der Waals surface area contributed by atoms with Crippen LogP contribution < -0.4 is 0 Å². The van der Waals surface area contributed by atoms with Crippen molar-refractivity contribution in [3.05, 3.63) is 46.8 Å². The Morgan fingerprint density at radius 1 is 1.38 bits per heavy atom. The summed E-state index contributed by atoms with van der Waals surface area (Å²) < 4.78 is 11.1. The van der Waals surface area contributed by atoms with Gasteiger partial charge in [0.25, 0.3) is 5.91 Å². The van der Waals surface area contributed by atoms with Gasteiger partial charge in [0, 0.05) is 18.5 Å². The summed E-state index contributed by atoms with van der Waals surface area (Å²) in [6, 6.07) is 3.76. The molecule has 24 heavy (non-hydrogen) atoms. The van der Waals surface area contributed by atoms with Crippen LogP contribution in [0.4, 0.5) is 0 Å². The number of hydrogen-bond acceptors (Lipinski definition) is 4. The molecule has 0 saturated carbocycles. The molecule has 1 saturated heterocycles. The van der Waals surface area contributed by atoms with E-state index in [0.29, 0.717) is 17.7 Å². The molecule has 2 aromatic heterocycles. The van der Waals surface area contributed by atoms with E-state index in [9.17, 15) is 9.59 Å². The maximum atomic E-state index is 13.0. The molecule has 1 atom stereocenters. The predicted octanol–water partition coefficient (Wildman–Crippen LogP) is 3.35. The molecule has 1 N–H and O–H groups in total. The van der Waals surface area contributed by atoms with Gasteiger partial charge in [-0.2, -0.15) is 0 Å². The number of furan rings is 2. The van der Waals surface area contributed by atoms with E-state index in [0.717, 1.165) is 30.8 Å². The van der Waals surface area contributed by atoms with Gasteiger partial charge in [-0.15, -0.1) is 0 Å². The summed E-state index contributed by atoms with van der Waals surface area (Å²) in [7, 11) is 0. The fourth-order valence-electron chi connectivity index (χ4n) is 3.27. The Kier molecular flexibility index (Phi) is 4.46. The molecule has 0 bridgehead atoms. The van der Waals surface area contributed by atoms with Crippen LogP contribution in [0.25, 0.3) is 0 Å². The van der Waals surface area contributed by atoms with Crippen LogP contribution in [0.5, 0.6) is 0 Å². The number of amides is 1. The molecule has 0 aliphatic carbocycles. The molecule has 0 aromatic carbocycles. The largest absolute Gasteiger partial charge is 0.481 e. The van der Waals surface area contributed by atoms with E-state index in [2.05, 4.69) is 0 Å². The molecule has 1 amide bonds. The molecule has 3 heterocycles. The predicted molar refractivity (Wildman–Crippen MR) is 85.9 cm³/mol.